The zero-order valence-electron chi connectivity index (χ0n) is 47.5. The van der Waals surface area contributed by atoms with E-state index in [4.69, 9.17) is 23.1 Å². The van der Waals surface area contributed by atoms with Crippen LogP contribution in [0.15, 0.2) is 0 Å². The number of hydroxylamine groups is 1. The molecule has 0 aliphatic rings. The summed E-state index contributed by atoms with van der Waals surface area (Å²) in [5, 5.41) is 22.5. The van der Waals surface area contributed by atoms with E-state index < -0.39 is 38.0 Å². The van der Waals surface area contributed by atoms with E-state index >= 15 is 0 Å². The molecule has 1 amide bonds. The lowest BCUT2D eigenvalue weighted by Gasteiger charge is -2.24. The zero-order chi connectivity index (χ0) is 53.2. The maximum atomic E-state index is 13.6. The molecular formula is C57H115N2O11P. The van der Waals surface area contributed by atoms with E-state index in [-0.39, 0.29) is 57.0 Å². The average molecular weight is 1040 g/mol. The molecule has 13 nitrogen and oxygen atoms in total. The Balaban J connectivity index is 0. The molecule has 0 rings (SSSR count). The third-order valence-electron chi connectivity index (χ3n) is 13.8. The molecule has 0 radical (unpaired) electrons. The molecule has 0 aliphatic heterocycles. The lowest BCUT2D eigenvalue weighted by Crippen LogP contribution is -2.46. The normalized spacial score (nSPS) is 13.0. The summed E-state index contributed by atoms with van der Waals surface area (Å²) in [6, 6.07) is 0. The van der Waals surface area contributed by atoms with Crippen LogP contribution in [0.25, 0.3) is 0 Å². The summed E-state index contributed by atoms with van der Waals surface area (Å²) in [4.78, 5) is 38.2. The first-order valence-corrected chi connectivity index (χ1v) is 31.1. The Hall–Kier alpha value is -1.60. The first kappa shape index (κ1) is 71.5. The maximum absolute atomic E-state index is 13.6. The number of phosphoric ester groups is 1. The summed E-state index contributed by atoms with van der Waals surface area (Å²) >= 11 is 0. The van der Waals surface area contributed by atoms with Crippen LogP contribution in [0.1, 0.15) is 299 Å². The number of aliphatic hydroxyl groups is 2. The van der Waals surface area contributed by atoms with E-state index in [9.17, 15) is 29.2 Å². The van der Waals surface area contributed by atoms with Crippen molar-refractivity contribution in [2.75, 3.05) is 32.9 Å². The first-order chi connectivity index (χ1) is 34.3. The van der Waals surface area contributed by atoms with Crippen LogP contribution < -0.4 is 10.8 Å². The molecule has 0 aromatic heterocycles. The predicted molar refractivity (Wildman–Crippen MR) is 293 cm³/mol. The van der Waals surface area contributed by atoms with Gasteiger partial charge in [0.15, 0.2) is 6.10 Å². The first-order valence-electron chi connectivity index (χ1n) is 29.7. The van der Waals surface area contributed by atoms with Crippen LogP contribution in [-0.4, -0.2) is 78.3 Å². The van der Waals surface area contributed by atoms with Crippen molar-refractivity contribution < 1.29 is 52.3 Å². The van der Waals surface area contributed by atoms with E-state index in [1.165, 1.54) is 148 Å². The number of nitrogens with one attached hydrogen (secondary N) is 2. The van der Waals surface area contributed by atoms with Gasteiger partial charge in [-0.3, -0.25) is 23.4 Å². The van der Waals surface area contributed by atoms with E-state index in [1.807, 2.05) is 27.7 Å². The van der Waals surface area contributed by atoms with Gasteiger partial charge < -0.3 is 25.0 Å². The molecular weight excluding hydrogens is 920 g/mol. The van der Waals surface area contributed by atoms with Crippen molar-refractivity contribution >= 4 is 25.7 Å². The Morgan fingerprint density at radius 2 is 0.845 bits per heavy atom. The number of carbonyl (C=O) groups excluding carboxylic acids is 3. The average Bonchev–Trinajstić information content (AvgIpc) is 3.38. The number of unbranched alkanes of at least 4 members (excludes halogenated alkanes) is 28. The molecule has 2 unspecified atom stereocenters. The molecule has 0 aromatic rings. The molecule has 0 aliphatic carbocycles. The fraction of sp³-hybridized carbons (Fsp3) is 0.947. The van der Waals surface area contributed by atoms with Crippen molar-refractivity contribution in [3.63, 3.8) is 0 Å². The van der Waals surface area contributed by atoms with Gasteiger partial charge >= 0.3 is 19.8 Å². The van der Waals surface area contributed by atoms with Gasteiger partial charge in [-0.25, -0.2) is 4.57 Å². The third kappa shape index (κ3) is 44.4. The lowest BCUT2D eigenvalue weighted by atomic mass is 9.95. The molecule has 0 bridgehead atoms. The van der Waals surface area contributed by atoms with Gasteiger partial charge in [-0.1, -0.05) is 235 Å². The molecule has 0 saturated carbocycles. The highest BCUT2D eigenvalue weighted by atomic mass is 31.2. The summed E-state index contributed by atoms with van der Waals surface area (Å²) in [7, 11) is -4.26. The minimum atomic E-state index is -4.26. The maximum Gasteiger partial charge on any atom is 0.491 e. The minimum absolute atomic E-state index is 0.0553. The van der Waals surface area contributed by atoms with Crippen molar-refractivity contribution in [1.29, 1.82) is 0 Å². The van der Waals surface area contributed by atoms with Crippen LogP contribution in [0.4, 0.5) is 0 Å². The van der Waals surface area contributed by atoms with Gasteiger partial charge in [-0.15, -0.1) is 0 Å². The van der Waals surface area contributed by atoms with Gasteiger partial charge in [0.1, 0.15) is 12.2 Å². The number of amides is 1. The smallest absolute Gasteiger partial charge is 0.462 e. The highest BCUT2D eigenvalue weighted by Gasteiger charge is 2.33. The number of ether oxygens (including phenoxy) is 2. The molecule has 4 N–H and O–H groups in total. The highest BCUT2D eigenvalue weighted by Crippen LogP contribution is 2.48. The fourth-order valence-electron chi connectivity index (χ4n) is 8.20. The Labute approximate surface area is 436 Å². The standard InChI is InChI=1S/C50H99N2O10P.C7H16O/c1-6-11-13-15-17-19-21-23-25-27-29-31-33-35-37-39-47(53)58-44-46(61-48(54)40-38-36-34-32-30-28-26-24-22-20-18-16-14-12-7-2)45-60-63(57,62-52-41-8-3)59-43-42-51-49(55)50(56,9-4)10-5;1-4-7(8,5-2)6-3/h46,52,56H,6-45H2,1-5H3,(H,51,55);8H,4-6H2,1-3H3. The van der Waals surface area contributed by atoms with Gasteiger partial charge in [0, 0.05) is 25.9 Å². The van der Waals surface area contributed by atoms with Gasteiger partial charge in [0.2, 0.25) is 0 Å². The zero-order valence-corrected chi connectivity index (χ0v) is 48.4. The molecule has 0 aromatic carbocycles. The van der Waals surface area contributed by atoms with Crippen molar-refractivity contribution in [2.45, 2.75) is 317 Å². The SMILES string of the molecule is CCC(O)(CC)CC.CCCCCCCCCCCCCCCCCC(=O)OCC(COP(=O)(OCCNC(=O)C(O)(CC)CC)ONCCC)OC(=O)CCCCCCCCCCCCCCCCC. The summed E-state index contributed by atoms with van der Waals surface area (Å²) in [6.45, 7) is 15.3. The Bertz CT molecular complexity index is 1240. The van der Waals surface area contributed by atoms with Crippen molar-refractivity contribution in [2.24, 2.45) is 0 Å². The van der Waals surface area contributed by atoms with Crippen molar-refractivity contribution in [3.8, 4) is 0 Å². The molecule has 2 atom stereocenters. The van der Waals surface area contributed by atoms with Crippen LogP contribution >= 0.6 is 7.82 Å². The molecule has 0 spiro atoms. The van der Waals surface area contributed by atoms with Gasteiger partial charge in [0.25, 0.3) is 5.91 Å². The quantitative estimate of drug-likeness (QED) is 0.0196. The van der Waals surface area contributed by atoms with Crippen LogP contribution in [0.2, 0.25) is 0 Å². The van der Waals surface area contributed by atoms with Crippen LogP contribution in [0, 0.1) is 0 Å². The summed E-state index contributed by atoms with van der Waals surface area (Å²) < 4.78 is 41.3. The second-order valence-corrected chi connectivity index (χ2v) is 21.6. The van der Waals surface area contributed by atoms with Crippen LogP contribution in [0.3, 0.4) is 0 Å². The van der Waals surface area contributed by atoms with E-state index in [0.29, 0.717) is 19.4 Å². The molecule has 0 fully saturated rings. The monoisotopic (exact) mass is 1030 g/mol. The Morgan fingerprint density at radius 3 is 1.20 bits per heavy atom. The molecule has 14 heteroatoms. The number of carbonyl (C=O) groups is 3. The van der Waals surface area contributed by atoms with Crippen LogP contribution in [-0.2, 0) is 42.1 Å². The summed E-state index contributed by atoms with van der Waals surface area (Å²) in [5.41, 5.74) is 0.700. The molecule has 71 heavy (non-hydrogen) atoms. The minimum Gasteiger partial charge on any atom is -0.462 e. The highest BCUT2D eigenvalue weighted by molar-refractivity contribution is 7.48. The third-order valence-corrected chi connectivity index (χ3v) is 15.2. The number of rotatable bonds is 52. The lowest BCUT2D eigenvalue weighted by molar-refractivity contribution is -0.161. The topological polar surface area (TPSA) is 179 Å². The van der Waals surface area contributed by atoms with E-state index in [2.05, 4.69) is 24.6 Å². The van der Waals surface area contributed by atoms with E-state index in [1.54, 1.807) is 13.8 Å². The van der Waals surface area contributed by atoms with Gasteiger partial charge in [0.05, 0.1) is 18.8 Å². The number of phosphoric acid groups is 1. The number of hydrogen-bond donors (Lipinski definition) is 4. The summed E-state index contributed by atoms with van der Waals surface area (Å²) in [6.07, 6.45) is 40.2. The molecule has 0 saturated heterocycles. The van der Waals surface area contributed by atoms with E-state index in [0.717, 1.165) is 57.8 Å². The number of hydrogen-bond acceptors (Lipinski definition) is 12. The van der Waals surface area contributed by atoms with Crippen molar-refractivity contribution in [3.05, 3.63) is 0 Å². The second kappa shape index (κ2) is 50.6. The molecule has 0 heterocycles. The largest absolute Gasteiger partial charge is 0.491 e. The van der Waals surface area contributed by atoms with Gasteiger partial charge in [-0.05, 0) is 51.4 Å². The second-order valence-electron chi connectivity index (χ2n) is 20.0. The Kier molecular flexibility index (Phi) is 50.9. The van der Waals surface area contributed by atoms with Gasteiger partial charge in [-0.2, -0.15) is 10.1 Å². The number of esters is 2. The Morgan fingerprint density at radius 1 is 0.465 bits per heavy atom. The van der Waals surface area contributed by atoms with Crippen LogP contribution in [0.5, 0.6) is 0 Å². The van der Waals surface area contributed by atoms with Crippen molar-refractivity contribution in [1.82, 2.24) is 10.8 Å². The predicted octanol–water partition coefficient (Wildman–Crippen LogP) is 15.7. The summed E-state index contributed by atoms with van der Waals surface area (Å²) in [5.74, 6) is -1.38. The fourth-order valence-corrected chi connectivity index (χ4v) is 9.29. The molecule has 424 valence electrons.